The summed E-state index contributed by atoms with van der Waals surface area (Å²) in [5.74, 6) is 0. The minimum atomic E-state index is 0.160. The maximum absolute atomic E-state index is 5.99. The monoisotopic (exact) mass is 258 g/mol. The van der Waals surface area contributed by atoms with E-state index in [-0.39, 0.29) is 6.04 Å². The molecule has 0 radical (unpaired) electrons. The van der Waals surface area contributed by atoms with Gasteiger partial charge in [-0.2, -0.15) is 0 Å². The molecule has 0 saturated carbocycles. The van der Waals surface area contributed by atoms with Crippen molar-refractivity contribution < 1.29 is 4.74 Å². The minimum Gasteiger partial charge on any atom is -0.383 e. The van der Waals surface area contributed by atoms with Crippen LogP contribution in [0.25, 0.3) is 0 Å². The molecule has 1 atom stereocenters. The van der Waals surface area contributed by atoms with E-state index < -0.39 is 0 Å². The number of anilines is 1. The number of para-hydroxylation sites is 1. The van der Waals surface area contributed by atoms with Gasteiger partial charge in [-0.3, -0.25) is 0 Å². The van der Waals surface area contributed by atoms with Gasteiger partial charge in [-0.1, -0.05) is 23.7 Å². The molecule has 5 heteroatoms. The number of rotatable bonds is 4. The van der Waals surface area contributed by atoms with E-state index in [0.717, 1.165) is 5.69 Å². The van der Waals surface area contributed by atoms with E-state index in [2.05, 4.69) is 10.6 Å². The normalized spacial score (nSPS) is 11.9. The van der Waals surface area contributed by atoms with Gasteiger partial charge in [0.25, 0.3) is 0 Å². The van der Waals surface area contributed by atoms with Crippen molar-refractivity contribution in [2.75, 3.05) is 19.0 Å². The Bertz CT molecular complexity index is 360. The fraction of sp³-hybridized carbons (Fsp3) is 0.364. The van der Waals surface area contributed by atoms with Crippen LogP contribution >= 0.6 is 23.8 Å². The number of thiocarbonyl (C=S) groups is 1. The van der Waals surface area contributed by atoms with E-state index in [0.29, 0.717) is 16.7 Å². The zero-order valence-corrected chi connectivity index (χ0v) is 10.9. The molecule has 0 fully saturated rings. The minimum absolute atomic E-state index is 0.160. The van der Waals surface area contributed by atoms with Crippen molar-refractivity contribution in [1.29, 1.82) is 0 Å². The Labute approximate surface area is 106 Å². The number of ether oxygens (including phenoxy) is 1. The predicted octanol–water partition coefficient (Wildman–Crippen LogP) is 2.66. The van der Waals surface area contributed by atoms with E-state index in [1.54, 1.807) is 7.11 Å². The molecular weight excluding hydrogens is 244 g/mol. The first-order valence-corrected chi connectivity index (χ1v) is 5.73. The van der Waals surface area contributed by atoms with E-state index in [4.69, 9.17) is 28.6 Å². The van der Waals surface area contributed by atoms with Crippen molar-refractivity contribution >= 4 is 34.6 Å². The number of hydrogen-bond donors (Lipinski definition) is 2. The van der Waals surface area contributed by atoms with Crippen molar-refractivity contribution in [3.63, 3.8) is 0 Å². The fourth-order valence-corrected chi connectivity index (χ4v) is 1.73. The fourth-order valence-electron chi connectivity index (χ4n) is 1.24. The highest BCUT2D eigenvalue weighted by molar-refractivity contribution is 7.80. The summed E-state index contributed by atoms with van der Waals surface area (Å²) in [7, 11) is 1.66. The molecule has 1 aromatic carbocycles. The molecule has 0 aliphatic carbocycles. The van der Waals surface area contributed by atoms with Gasteiger partial charge < -0.3 is 15.4 Å². The lowest BCUT2D eigenvalue weighted by Crippen LogP contribution is -2.38. The third kappa shape index (κ3) is 4.35. The summed E-state index contributed by atoms with van der Waals surface area (Å²) < 4.78 is 5.00. The predicted molar refractivity (Wildman–Crippen MR) is 72.1 cm³/mol. The second kappa shape index (κ2) is 6.68. The van der Waals surface area contributed by atoms with Crippen LogP contribution in [0.15, 0.2) is 24.3 Å². The second-order valence-corrected chi connectivity index (χ2v) is 4.25. The van der Waals surface area contributed by atoms with Crippen molar-refractivity contribution in [3.05, 3.63) is 29.3 Å². The van der Waals surface area contributed by atoms with Crippen LogP contribution in [0.2, 0.25) is 5.02 Å². The average Bonchev–Trinajstić information content (AvgIpc) is 2.21. The van der Waals surface area contributed by atoms with Gasteiger partial charge >= 0.3 is 0 Å². The number of benzene rings is 1. The highest BCUT2D eigenvalue weighted by atomic mass is 35.5. The summed E-state index contributed by atoms with van der Waals surface area (Å²) in [5, 5.41) is 7.31. The highest BCUT2D eigenvalue weighted by Gasteiger charge is 2.05. The van der Waals surface area contributed by atoms with Gasteiger partial charge in [-0.25, -0.2) is 0 Å². The smallest absolute Gasteiger partial charge is 0.171 e. The molecule has 16 heavy (non-hydrogen) atoms. The zero-order valence-electron chi connectivity index (χ0n) is 9.29. The van der Waals surface area contributed by atoms with Crippen LogP contribution < -0.4 is 10.6 Å². The summed E-state index contributed by atoms with van der Waals surface area (Å²) in [6.07, 6.45) is 0. The average molecular weight is 259 g/mol. The molecule has 0 aliphatic rings. The summed E-state index contributed by atoms with van der Waals surface area (Å²) in [4.78, 5) is 0. The molecule has 2 N–H and O–H groups in total. The SMILES string of the molecule is COCC(C)NC(=S)Nc1ccccc1Cl. The number of hydrogen-bond acceptors (Lipinski definition) is 2. The topological polar surface area (TPSA) is 33.3 Å². The molecule has 0 amide bonds. The van der Waals surface area contributed by atoms with E-state index in [1.807, 2.05) is 31.2 Å². The molecule has 0 spiro atoms. The third-order valence-electron chi connectivity index (χ3n) is 1.92. The Hall–Kier alpha value is -0.840. The van der Waals surface area contributed by atoms with Gasteiger partial charge in [0.1, 0.15) is 0 Å². The van der Waals surface area contributed by atoms with Crippen molar-refractivity contribution in [3.8, 4) is 0 Å². The van der Waals surface area contributed by atoms with Crippen LogP contribution in [0.5, 0.6) is 0 Å². The summed E-state index contributed by atoms with van der Waals surface area (Å²) in [6, 6.07) is 7.61. The second-order valence-electron chi connectivity index (χ2n) is 3.43. The molecule has 0 heterocycles. The van der Waals surface area contributed by atoms with Gasteiger partial charge in [0, 0.05) is 13.2 Å². The van der Waals surface area contributed by atoms with Gasteiger partial charge in [0.15, 0.2) is 5.11 Å². The van der Waals surface area contributed by atoms with Crippen LogP contribution in [0, 0.1) is 0 Å². The van der Waals surface area contributed by atoms with E-state index >= 15 is 0 Å². The molecule has 0 bridgehead atoms. The van der Waals surface area contributed by atoms with Crippen LogP contribution in [0.3, 0.4) is 0 Å². The number of nitrogens with one attached hydrogen (secondary N) is 2. The molecule has 1 aromatic rings. The van der Waals surface area contributed by atoms with Crippen LogP contribution in [0.1, 0.15) is 6.92 Å². The lowest BCUT2D eigenvalue weighted by Gasteiger charge is -2.16. The Morgan fingerprint density at radius 3 is 2.81 bits per heavy atom. The van der Waals surface area contributed by atoms with Crippen molar-refractivity contribution in [2.45, 2.75) is 13.0 Å². The standard InChI is InChI=1S/C11H15ClN2OS/c1-8(7-15-2)13-11(16)14-10-6-4-3-5-9(10)12/h3-6,8H,7H2,1-2H3,(H2,13,14,16). The molecule has 1 rings (SSSR count). The van der Waals surface area contributed by atoms with Gasteiger partial charge in [-0.05, 0) is 31.3 Å². The first kappa shape index (κ1) is 13.2. The first-order chi connectivity index (χ1) is 7.63. The number of methoxy groups -OCH3 is 1. The van der Waals surface area contributed by atoms with E-state index in [9.17, 15) is 0 Å². The quantitative estimate of drug-likeness (QED) is 0.814. The third-order valence-corrected chi connectivity index (χ3v) is 2.47. The lowest BCUT2D eigenvalue weighted by atomic mass is 10.3. The lowest BCUT2D eigenvalue weighted by molar-refractivity contribution is 0.179. The Morgan fingerprint density at radius 2 is 2.19 bits per heavy atom. The molecule has 1 unspecified atom stereocenters. The molecule has 0 saturated heterocycles. The van der Waals surface area contributed by atoms with Crippen LogP contribution in [-0.4, -0.2) is 24.9 Å². The zero-order chi connectivity index (χ0) is 12.0. The number of halogens is 1. The van der Waals surface area contributed by atoms with Gasteiger partial charge in [0.2, 0.25) is 0 Å². The molecule has 88 valence electrons. The molecule has 3 nitrogen and oxygen atoms in total. The van der Waals surface area contributed by atoms with Crippen LogP contribution in [0.4, 0.5) is 5.69 Å². The van der Waals surface area contributed by atoms with E-state index in [1.165, 1.54) is 0 Å². The first-order valence-electron chi connectivity index (χ1n) is 4.94. The Kier molecular flexibility index (Phi) is 5.52. The summed E-state index contributed by atoms with van der Waals surface area (Å²) in [6.45, 7) is 2.59. The Balaban J connectivity index is 2.49. The van der Waals surface area contributed by atoms with Gasteiger partial charge in [-0.15, -0.1) is 0 Å². The molecule has 0 aromatic heterocycles. The molecular formula is C11H15ClN2OS. The highest BCUT2D eigenvalue weighted by Crippen LogP contribution is 2.20. The van der Waals surface area contributed by atoms with Gasteiger partial charge in [0.05, 0.1) is 17.3 Å². The summed E-state index contributed by atoms with van der Waals surface area (Å²) in [5.41, 5.74) is 0.797. The molecule has 0 aliphatic heterocycles. The maximum atomic E-state index is 5.99. The Morgan fingerprint density at radius 1 is 1.50 bits per heavy atom. The van der Waals surface area contributed by atoms with Crippen LogP contribution in [-0.2, 0) is 4.74 Å². The largest absolute Gasteiger partial charge is 0.383 e. The summed E-state index contributed by atoms with van der Waals surface area (Å²) >= 11 is 11.1. The maximum Gasteiger partial charge on any atom is 0.171 e. The van der Waals surface area contributed by atoms with Crippen molar-refractivity contribution in [1.82, 2.24) is 5.32 Å². The van der Waals surface area contributed by atoms with Crippen molar-refractivity contribution in [2.24, 2.45) is 0 Å².